The Hall–Kier alpha value is -4.47. The molecule has 0 fully saturated rings. The Morgan fingerprint density at radius 1 is 0.595 bits per heavy atom. The highest BCUT2D eigenvalue weighted by Gasteiger charge is 2.57. The van der Waals surface area contributed by atoms with Crippen LogP contribution in [0.2, 0.25) is 0 Å². The molecule has 1 amide bonds. The third kappa shape index (κ3) is 3.35. The average molecular weight is 481 g/mol. The van der Waals surface area contributed by atoms with Crippen molar-refractivity contribution in [1.29, 1.82) is 0 Å². The maximum atomic E-state index is 14.9. The number of hydrogen-bond acceptors (Lipinski definition) is 2. The van der Waals surface area contributed by atoms with Crippen molar-refractivity contribution in [3.05, 3.63) is 173 Å². The van der Waals surface area contributed by atoms with E-state index in [0.29, 0.717) is 0 Å². The van der Waals surface area contributed by atoms with E-state index in [1.807, 2.05) is 115 Å². The lowest BCUT2D eigenvalue weighted by molar-refractivity contribution is -0.122. The summed E-state index contributed by atoms with van der Waals surface area (Å²) in [6.45, 7) is 2.04. The van der Waals surface area contributed by atoms with E-state index in [0.717, 1.165) is 39.1 Å². The van der Waals surface area contributed by atoms with Crippen LogP contribution < -0.4 is 10.6 Å². The number of nitrogens with zero attached hydrogens (tertiary/aromatic N) is 1. The molecule has 6 rings (SSSR count). The molecule has 1 aliphatic rings. The predicted octanol–water partition coefficient (Wildman–Crippen LogP) is 6.54. The first-order valence-electron chi connectivity index (χ1n) is 12.5. The molecule has 2 N–H and O–H groups in total. The van der Waals surface area contributed by atoms with Crippen LogP contribution in [0, 0.1) is 6.92 Å². The zero-order valence-corrected chi connectivity index (χ0v) is 20.7. The molecular formula is C34H28N2O. The van der Waals surface area contributed by atoms with Gasteiger partial charge in [-0.1, -0.05) is 139 Å². The summed E-state index contributed by atoms with van der Waals surface area (Å²) in [7, 11) is 0. The van der Waals surface area contributed by atoms with E-state index in [1.165, 1.54) is 0 Å². The van der Waals surface area contributed by atoms with Crippen molar-refractivity contribution < 1.29 is 4.79 Å². The van der Waals surface area contributed by atoms with E-state index >= 15 is 0 Å². The number of aryl methyl sites for hydroxylation is 1. The second-order valence-corrected chi connectivity index (χ2v) is 9.64. The smallest absolute Gasteiger partial charge is 0.257 e. The normalized spacial score (nSPS) is 17.0. The Morgan fingerprint density at radius 3 is 1.51 bits per heavy atom. The molecule has 0 aromatic heterocycles. The van der Waals surface area contributed by atoms with Gasteiger partial charge in [0.2, 0.25) is 0 Å². The van der Waals surface area contributed by atoms with Crippen LogP contribution in [-0.4, -0.2) is 5.91 Å². The minimum absolute atomic E-state index is 0.158. The van der Waals surface area contributed by atoms with Crippen LogP contribution in [0.4, 0.5) is 5.69 Å². The maximum Gasteiger partial charge on any atom is 0.257 e. The highest BCUT2D eigenvalue weighted by Crippen LogP contribution is 2.53. The second-order valence-electron chi connectivity index (χ2n) is 9.64. The molecule has 3 nitrogen and oxygen atoms in total. The molecule has 0 saturated carbocycles. The number of hydrogen-bond donors (Lipinski definition) is 1. The van der Waals surface area contributed by atoms with Crippen molar-refractivity contribution in [3.63, 3.8) is 0 Å². The van der Waals surface area contributed by atoms with E-state index < -0.39 is 11.1 Å². The number of amides is 1. The summed E-state index contributed by atoms with van der Waals surface area (Å²) in [5.74, 6) is -0.158. The lowest BCUT2D eigenvalue weighted by Gasteiger charge is -2.44. The zero-order chi connectivity index (χ0) is 25.5. The second kappa shape index (κ2) is 8.88. The fraction of sp³-hybridized carbons (Fsp3) is 0.0882. The molecule has 0 bridgehead atoms. The van der Waals surface area contributed by atoms with Crippen LogP contribution in [-0.2, 0) is 15.9 Å². The van der Waals surface area contributed by atoms with Crippen molar-refractivity contribution >= 4 is 11.6 Å². The van der Waals surface area contributed by atoms with E-state index in [-0.39, 0.29) is 5.91 Å². The summed E-state index contributed by atoms with van der Waals surface area (Å²) in [4.78, 5) is 16.9. The number of benzene rings is 5. The van der Waals surface area contributed by atoms with Crippen LogP contribution >= 0.6 is 0 Å². The van der Waals surface area contributed by atoms with Crippen molar-refractivity contribution in [2.45, 2.75) is 18.0 Å². The van der Waals surface area contributed by atoms with Gasteiger partial charge in [-0.25, -0.2) is 0 Å². The fourth-order valence-electron chi connectivity index (χ4n) is 5.76. The molecule has 0 saturated heterocycles. The van der Waals surface area contributed by atoms with Crippen LogP contribution in [0.15, 0.2) is 140 Å². The Bertz CT molecular complexity index is 1450. The summed E-state index contributed by atoms with van der Waals surface area (Å²) < 4.78 is 0. The summed E-state index contributed by atoms with van der Waals surface area (Å²) in [5, 5.41) is 0. The number of rotatable bonds is 5. The summed E-state index contributed by atoms with van der Waals surface area (Å²) in [6.07, 6.45) is 0. The fourth-order valence-corrected chi connectivity index (χ4v) is 5.76. The standard InChI is InChI=1S/C34H28N2O/c1-25-21-23-26(24-22-25)33(35)30-19-11-12-20-31(30)36(32(33)37)34(27-13-5-2-6-14-27,28-15-7-3-8-16-28)29-17-9-4-10-18-29/h2-24H,35H2,1H3/t33-/m1/s1. The highest BCUT2D eigenvalue weighted by molar-refractivity contribution is 6.12. The molecule has 5 aromatic rings. The lowest BCUT2D eigenvalue weighted by Crippen LogP contribution is -2.56. The quantitative estimate of drug-likeness (QED) is 0.291. The number of para-hydroxylation sites is 1. The van der Waals surface area contributed by atoms with E-state index in [1.54, 1.807) is 0 Å². The Balaban J connectivity index is 1.73. The van der Waals surface area contributed by atoms with Gasteiger partial charge in [-0.2, -0.15) is 0 Å². The minimum Gasteiger partial charge on any atom is -0.310 e. The molecule has 0 spiro atoms. The van der Waals surface area contributed by atoms with Gasteiger partial charge in [-0.05, 0) is 35.2 Å². The van der Waals surface area contributed by atoms with Crippen LogP contribution in [0.25, 0.3) is 0 Å². The number of fused-ring (bicyclic) bond motifs is 1. The topological polar surface area (TPSA) is 46.3 Å². The summed E-state index contributed by atoms with van der Waals surface area (Å²) in [6, 6.07) is 46.7. The van der Waals surface area contributed by atoms with Crippen molar-refractivity contribution in [2.75, 3.05) is 4.90 Å². The predicted molar refractivity (Wildman–Crippen MR) is 149 cm³/mol. The highest BCUT2D eigenvalue weighted by atomic mass is 16.2. The van der Waals surface area contributed by atoms with E-state index in [4.69, 9.17) is 5.73 Å². The Labute approximate surface area is 217 Å². The summed E-state index contributed by atoms with van der Waals surface area (Å²) >= 11 is 0. The molecule has 37 heavy (non-hydrogen) atoms. The van der Waals surface area contributed by atoms with E-state index in [2.05, 4.69) is 36.4 Å². The molecule has 1 atom stereocenters. The Kier molecular flexibility index (Phi) is 5.51. The number of carbonyl (C=O) groups excluding carboxylic acids is 1. The Morgan fingerprint density at radius 2 is 1.03 bits per heavy atom. The molecule has 5 aromatic carbocycles. The molecule has 3 heteroatoms. The third-order valence-corrected chi connectivity index (χ3v) is 7.53. The van der Waals surface area contributed by atoms with Gasteiger partial charge in [0.25, 0.3) is 5.91 Å². The average Bonchev–Trinajstić information content (AvgIpc) is 3.19. The van der Waals surface area contributed by atoms with Crippen LogP contribution in [0.5, 0.6) is 0 Å². The van der Waals surface area contributed by atoms with Crippen molar-refractivity contribution in [1.82, 2.24) is 0 Å². The van der Waals surface area contributed by atoms with Crippen LogP contribution in [0.3, 0.4) is 0 Å². The SMILES string of the molecule is Cc1ccc([C@]2(N)C(=O)N(C(c3ccccc3)(c3ccccc3)c3ccccc3)c3ccccc32)cc1. The molecule has 0 radical (unpaired) electrons. The third-order valence-electron chi connectivity index (χ3n) is 7.53. The van der Waals surface area contributed by atoms with Gasteiger partial charge in [0.15, 0.2) is 0 Å². The van der Waals surface area contributed by atoms with Gasteiger partial charge in [0, 0.05) is 5.56 Å². The van der Waals surface area contributed by atoms with Gasteiger partial charge >= 0.3 is 0 Å². The molecule has 0 aliphatic carbocycles. The molecule has 1 heterocycles. The molecule has 0 unspecified atom stereocenters. The molecule has 1 aliphatic heterocycles. The van der Waals surface area contributed by atoms with Crippen molar-refractivity contribution in [3.8, 4) is 0 Å². The number of nitrogens with two attached hydrogens (primary N) is 1. The zero-order valence-electron chi connectivity index (χ0n) is 20.7. The largest absolute Gasteiger partial charge is 0.310 e. The van der Waals surface area contributed by atoms with Gasteiger partial charge in [0.05, 0.1) is 5.69 Å². The van der Waals surface area contributed by atoms with Crippen LogP contribution in [0.1, 0.15) is 33.4 Å². The van der Waals surface area contributed by atoms with Gasteiger partial charge in [-0.15, -0.1) is 0 Å². The number of anilines is 1. The number of carbonyl (C=O) groups is 1. The first-order chi connectivity index (χ1) is 18.1. The van der Waals surface area contributed by atoms with Crippen molar-refractivity contribution in [2.24, 2.45) is 5.73 Å². The first kappa shape index (κ1) is 23.0. The lowest BCUT2D eigenvalue weighted by atomic mass is 9.75. The molecular weight excluding hydrogens is 452 g/mol. The first-order valence-corrected chi connectivity index (χ1v) is 12.5. The van der Waals surface area contributed by atoms with Gasteiger partial charge < -0.3 is 5.73 Å². The monoisotopic (exact) mass is 480 g/mol. The van der Waals surface area contributed by atoms with E-state index in [9.17, 15) is 4.79 Å². The maximum absolute atomic E-state index is 14.9. The van der Waals surface area contributed by atoms with Gasteiger partial charge in [0.1, 0.15) is 11.1 Å². The molecule has 180 valence electrons. The minimum atomic E-state index is -1.33. The van der Waals surface area contributed by atoms with Gasteiger partial charge in [-0.3, -0.25) is 9.69 Å². The summed E-state index contributed by atoms with van der Waals surface area (Å²) in [5.41, 5.74) is 11.4.